The van der Waals surface area contributed by atoms with Gasteiger partial charge in [-0.15, -0.1) is 0 Å². The summed E-state index contributed by atoms with van der Waals surface area (Å²) >= 11 is 0. The zero-order valence-corrected chi connectivity index (χ0v) is 13.6. The molecular formula is C17H18FN3O4. The van der Waals surface area contributed by atoms with E-state index in [1.165, 1.54) is 18.5 Å². The van der Waals surface area contributed by atoms with Crippen LogP contribution in [0.4, 0.5) is 4.39 Å². The van der Waals surface area contributed by atoms with Crippen molar-refractivity contribution in [1.29, 1.82) is 0 Å². The number of nitrogens with zero attached hydrogens (tertiary/aromatic N) is 3. The average Bonchev–Trinajstić information content (AvgIpc) is 3.38. The fourth-order valence-corrected chi connectivity index (χ4v) is 3.80. The third-order valence-corrected chi connectivity index (χ3v) is 5.16. The van der Waals surface area contributed by atoms with Crippen LogP contribution in [0.3, 0.4) is 0 Å². The van der Waals surface area contributed by atoms with Crippen LogP contribution in [0.15, 0.2) is 39.6 Å². The van der Waals surface area contributed by atoms with Crippen molar-refractivity contribution in [2.75, 3.05) is 26.2 Å². The highest BCUT2D eigenvalue weighted by molar-refractivity contribution is 5.92. The standard InChI is InChI=1S/C17H18FN3O4/c18-14-4-7-20(16(23)13-3-6-19-25-13)10-17(14)5-8-21(11-17)15(22)12-2-1-9-24-12/h1-3,6,9,14H,4-5,7-8,10-11H2/t14-,17-/m0/s1. The van der Waals surface area contributed by atoms with Gasteiger partial charge in [0.25, 0.3) is 11.8 Å². The molecule has 2 aromatic heterocycles. The number of rotatable bonds is 2. The van der Waals surface area contributed by atoms with Gasteiger partial charge >= 0.3 is 0 Å². The van der Waals surface area contributed by atoms with Crippen molar-refractivity contribution in [3.8, 4) is 0 Å². The number of halogens is 1. The molecule has 8 heteroatoms. The van der Waals surface area contributed by atoms with Gasteiger partial charge in [-0.1, -0.05) is 5.16 Å². The molecule has 2 atom stereocenters. The molecule has 4 heterocycles. The van der Waals surface area contributed by atoms with Crippen LogP contribution in [0, 0.1) is 5.41 Å². The minimum atomic E-state index is -1.05. The maximum Gasteiger partial charge on any atom is 0.292 e. The average molecular weight is 347 g/mol. The van der Waals surface area contributed by atoms with E-state index in [9.17, 15) is 14.0 Å². The van der Waals surface area contributed by atoms with E-state index in [0.29, 0.717) is 19.5 Å². The number of hydrogen-bond donors (Lipinski definition) is 0. The second-order valence-electron chi connectivity index (χ2n) is 6.68. The smallest absolute Gasteiger partial charge is 0.292 e. The fourth-order valence-electron chi connectivity index (χ4n) is 3.80. The van der Waals surface area contributed by atoms with Crippen LogP contribution in [0.1, 0.15) is 34.0 Å². The lowest BCUT2D eigenvalue weighted by atomic mass is 9.77. The highest BCUT2D eigenvalue weighted by Crippen LogP contribution is 2.41. The molecule has 2 amide bonds. The van der Waals surface area contributed by atoms with Gasteiger partial charge in [0, 0.05) is 37.7 Å². The van der Waals surface area contributed by atoms with E-state index < -0.39 is 11.6 Å². The summed E-state index contributed by atoms with van der Waals surface area (Å²) in [5, 5.41) is 3.55. The molecular weight excluding hydrogens is 329 g/mol. The Morgan fingerprint density at radius 2 is 1.92 bits per heavy atom. The minimum absolute atomic E-state index is 0.147. The van der Waals surface area contributed by atoms with Crippen molar-refractivity contribution < 1.29 is 22.9 Å². The first kappa shape index (κ1) is 15.9. The molecule has 0 saturated carbocycles. The number of hydrogen-bond acceptors (Lipinski definition) is 5. The molecule has 4 rings (SSSR count). The van der Waals surface area contributed by atoms with Crippen LogP contribution < -0.4 is 0 Å². The number of amides is 2. The van der Waals surface area contributed by atoms with E-state index >= 15 is 0 Å². The van der Waals surface area contributed by atoms with Gasteiger partial charge in [-0.3, -0.25) is 9.59 Å². The van der Waals surface area contributed by atoms with Crippen LogP contribution >= 0.6 is 0 Å². The predicted octanol–water partition coefficient (Wildman–Crippen LogP) is 1.98. The van der Waals surface area contributed by atoms with Crippen LogP contribution in [-0.2, 0) is 0 Å². The molecule has 2 aliphatic rings. The van der Waals surface area contributed by atoms with E-state index in [4.69, 9.17) is 8.94 Å². The number of likely N-dealkylation sites (tertiary alicyclic amines) is 2. The highest BCUT2D eigenvalue weighted by Gasteiger charge is 2.50. The van der Waals surface area contributed by atoms with Crippen molar-refractivity contribution in [3.63, 3.8) is 0 Å². The number of aromatic nitrogens is 1. The van der Waals surface area contributed by atoms with Crippen molar-refractivity contribution in [3.05, 3.63) is 42.2 Å². The lowest BCUT2D eigenvalue weighted by Gasteiger charge is -2.42. The van der Waals surface area contributed by atoms with E-state index in [1.54, 1.807) is 21.9 Å². The summed E-state index contributed by atoms with van der Waals surface area (Å²) in [5.41, 5.74) is -0.740. The Morgan fingerprint density at radius 1 is 1.16 bits per heavy atom. The van der Waals surface area contributed by atoms with Gasteiger partial charge in [0.2, 0.25) is 5.76 Å². The normalized spacial score (nSPS) is 26.4. The summed E-state index contributed by atoms with van der Waals surface area (Å²) in [5.74, 6) is -0.140. The summed E-state index contributed by atoms with van der Waals surface area (Å²) in [4.78, 5) is 28.1. The van der Waals surface area contributed by atoms with Crippen molar-refractivity contribution in [2.45, 2.75) is 19.0 Å². The highest BCUT2D eigenvalue weighted by atomic mass is 19.1. The van der Waals surface area contributed by atoms with Crippen molar-refractivity contribution in [2.24, 2.45) is 5.41 Å². The molecule has 2 aliphatic heterocycles. The van der Waals surface area contributed by atoms with E-state index in [1.807, 2.05) is 0 Å². The van der Waals surface area contributed by atoms with Crippen LogP contribution in [0.5, 0.6) is 0 Å². The molecule has 0 radical (unpaired) electrons. The lowest BCUT2D eigenvalue weighted by Crippen LogP contribution is -2.53. The van der Waals surface area contributed by atoms with E-state index in [2.05, 4.69) is 5.16 Å². The van der Waals surface area contributed by atoms with Crippen molar-refractivity contribution in [1.82, 2.24) is 15.0 Å². The maximum atomic E-state index is 14.8. The lowest BCUT2D eigenvalue weighted by molar-refractivity contribution is 0.00922. The molecule has 25 heavy (non-hydrogen) atoms. The molecule has 2 aromatic rings. The summed E-state index contributed by atoms with van der Waals surface area (Å²) in [7, 11) is 0. The Hall–Kier alpha value is -2.64. The zero-order chi connectivity index (χ0) is 17.4. The summed E-state index contributed by atoms with van der Waals surface area (Å²) in [6.45, 7) is 1.31. The minimum Gasteiger partial charge on any atom is -0.459 e. The van der Waals surface area contributed by atoms with E-state index in [-0.39, 0.29) is 42.8 Å². The van der Waals surface area contributed by atoms with Gasteiger partial charge < -0.3 is 18.7 Å². The van der Waals surface area contributed by atoms with Gasteiger partial charge in [0.1, 0.15) is 6.17 Å². The summed E-state index contributed by atoms with van der Waals surface area (Å²) < 4.78 is 24.8. The first-order valence-electron chi connectivity index (χ1n) is 8.26. The molecule has 0 aliphatic carbocycles. The second-order valence-corrected chi connectivity index (χ2v) is 6.68. The molecule has 2 fully saturated rings. The topological polar surface area (TPSA) is 79.8 Å². The van der Waals surface area contributed by atoms with Crippen LogP contribution in [0.2, 0.25) is 0 Å². The van der Waals surface area contributed by atoms with Gasteiger partial charge in [-0.05, 0) is 25.0 Å². The van der Waals surface area contributed by atoms with Crippen LogP contribution in [-0.4, -0.2) is 59.1 Å². The third kappa shape index (κ3) is 2.71. The molecule has 132 valence electrons. The fraction of sp³-hybridized carbons (Fsp3) is 0.471. The zero-order valence-electron chi connectivity index (χ0n) is 13.6. The van der Waals surface area contributed by atoms with E-state index in [0.717, 1.165) is 0 Å². The molecule has 0 N–H and O–H groups in total. The number of alkyl halides is 1. The number of carbonyl (C=O) groups is 2. The second kappa shape index (κ2) is 6.02. The first-order valence-corrected chi connectivity index (χ1v) is 8.26. The molecule has 7 nitrogen and oxygen atoms in total. The first-order chi connectivity index (χ1) is 12.1. The number of furan rings is 1. The monoisotopic (exact) mass is 347 g/mol. The Labute approximate surface area is 143 Å². The Balaban J connectivity index is 1.50. The SMILES string of the molecule is O=C(c1ccco1)N1CC[C@@]2(C1)CN(C(=O)c1ccno1)CC[C@@H]2F. The molecule has 0 bridgehead atoms. The summed E-state index contributed by atoms with van der Waals surface area (Å²) in [6, 6.07) is 4.74. The van der Waals surface area contributed by atoms with Gasteiger partial charge in [-0.2, -0.15) is 0 Å². The number of carbonyl (C=O) groups excluding carboxylic acids is 2. The van der Waals surface area contributed by atoms with Crippen LogP contribution in [0.25, 0.3) is 0 Å². The number of piperidine rings is 1. The van der Waals surface area contributed by atoms with Crippen molar-refractivity contribution >= 4 is 11.8 Å². The molecule has 0 aromatic carbocycles. The Morgan fingerprint density at radius 3 is 2.60 bits per heavy atom. The molecule has 1 spiro atoms. The van der Waals surface area contributed by atoms with Gasteiger partial charge in [0.15, 0.2) is 5.76 Å². The third-order valence-electron chi connectivity index (χ3n) is 5.16. The largest absolute Gasteiger partial charge is 0.459 e. The Kier molecular flexibility index (Phi) is 3.82. The predicted molar refractivity (Wildman–Crippen MR) is 83.6 cm³/mol. The summed E-state index contributed by atoms with van der Waals surface area (Å²) in [6.07, 6.45) is 2.56. The van der Waals surface area contributed by atoms with Gasteiger partial charge in [-0.25, -0.2) is 4.39 Å². The Bertz CT molecular complexity index is 761. The van der Waals surface area contributed by atoms with Gasteiger partial charge in [0.05, 0.1) is 12.5 Å². The molecule has 0 unspecified atom stereocenters. The quantitative estimate of drug-likeness (QED) is 0.830. The maximum absolute atomic E-state index is 14.8. The molecule has 2 saturated heterocycles.